The molecule has 0 bridgehead atoms. The fourth-order valence-electron chi connectivity index (χ4n) is 1.14. The Labute approximate surface area is 77.2 Å². The van der Waals surface area contributed by atoms with Crippen LogP contribution in [0.4, 0.5) is 0 Å². The van der Waals surface area contributed by atoms with Gasteiger partial charge in [-0.1, -0.05) is 18.2 Å². The summed E-state index contributed by atoms with van der Waals surface area (Å²) in [5.74, 6) is 0. The van der Waals surface area contributed by atoms with Crippen molar-refractivity contribution in [3.8, 4) is 0 Å². The Balaban J connectivity index is 3.23. The Morgan fingerprint density at radius 3 is 2.75 bits per heavy atom. The zero-order chi connectivity index (χ0) is 9.14. The number of carbonyl (C=O) groups excluding carboxylic acids is 1. The molecule has 0 saturated carbocycles. The molecular weight excluding hydrogens is 170 g/mol. The molecule has 0 radical (unpaired) electrons. The van der Waals surface area contributed by atoms with Crippen LogP contribution in [0.5, 0.6) is 0 Å². The maximum absolute atomic E-state index is 11.0. The number of thiol groups is 1. The summed E-state index contributed by atoms with van der Waals surface area (Å²) < 4.78 is 0. The highest BCUT2D eigenvalue weighted by atomic mass is 32.1. The van der Waals surface area contributed by atoms with Gasteiger partial charge in [-0.2, -0.15) is 0 Å². The summed E-state index contributed by atoms with van der Waals surface area (Å²) in [5, 5.41) is -0.206. The van der Waals surface area contributed by atoms with E-state index in [1.165, 1.54) is 0 Å². The van der Waals surface area contributed by atoms with Gasteiger partial charge in [-0.25, -0.2) is 0 Å². The third-order valence-corrected chi connectivity index (χ3v) is 2.14. The summed E-state index contributed by atoms with van der Waals surface area (Å²) in [6.45, 7) is 2.34. The largest absolute Gasteiger partial charge is 0.326 e. The van der Waals surface area contributed by atoms with Gasteiger partial charge in [0.25, 0.3) is 0 Å². The van der Waals surface area contributed by atoms with E-state index < -0.39 is 0 Å². The van der Waals surface area contributed by atoms with E-state index in [0.717, 1.165) is 11.1 Å². The minimum absolute atomic E-state index is 0.206. The average molecular weight is 181 g/mol. The van der Waals surface area contributed by atoms with Gasteiger partial charge in [-0.3, -0.25) is 4.79 Å². The van der Waals surface area contributed by atoms with Crippen molar-refractivity contribution in [1.29, 1.82) is 0 Å². The van der Waals surface area contributed by atoms with Crippen molar-refractivity contribution >= 4 is 17.7 Å². The molecule has 0 aliphatic rings. The van der Waals surface area contributed by atoms with Gasteiger partial charge in [0.1, 0.15) is 0 Å². The lowest BCUT2D eigenvalue weighted by atomic mass is 10.0. The predicted octanol–water partition coefficient (Wildman–Crippen LogP) is 1.52. The van der Waals surface area contributed by atoms with Crippen LogP contribution in [0.1, 0.15) is 21.5 Å². The van der Waals surface area contributed by atoms with Crippen molar-refractivity contribution in [3.05, 3.63) is 34.9 Å². The predicted molar refractivity (Wildman–Crippen MR) is 52.4 cm³/mol. The number of hydrogen-bond acceptors (Lipinski definition) is 2. The van der Waals surface area contributed by atoms with Crippen molar-refractivity contribution in [2.45, 2.75) is 13.5 Å². The fourth-order valence-corrected chi connectivity index (χ4v) is 1.38. The van der Waals surface area contributed by atoms with Gasteiger partial charge in [0, 0.05) is 12.1 Å². The Hall–Kier alpha value is -0.800. The van der Waals surface area contributed by atoms with E-state index in [-0.39, 0.29) is 5.12 Å². The molecule has 0 aromatic heterocycles. The summed E-state index contributed by atoms with van der Waals surface area (Å²) in [6.07, 6.45) is 0. The second-order valence-electron chi connectivity index (χ2n) is 2.60. The van der Waals surface area contributed by atoms with Gasteiger partial charge in [-0.15, -0.1) is 12.6 Å². The summed E-state index contributed by atoms with van der Waals surface area (Å²) in [4.78, 5) is 11.0. The van der Waals surface area contributed by atoms with E-state index >= 15 is 0 Å². The smallest absolute Gasteiger partial charge is 0.216 e. The molecule has 0 fully saturated rings. The van der Waals surface area contributed by atoms with Crippen molar-refractivity contribution < 1.29 is 4.79 Å². The number of nitrogens with two attached hydrogens (primary N) is 1. The number of benzene rings is 1. The normalized spacial score (nSPS) is 9.92. The fraction of sp³-hybridized carbons (Fsp3) is 0.222. The molecule has 0 unspecified atom stereocenters. The lowest BCUT2D eigenvalue weighted by molar-refractivity contribution is 0.109. The zero-order valence-corrected chi connectivity index (χ0v) is 7.77. The van der Waals surface area contributed by atoms with Crippen molar-refractivity contribution in [2.75, 3.05) is 0 Å². The third kappa shape index (κ3) is 1.68. The van der Waals surface area contributed by atoms with Crippen LogP contribution in [0.25, 0.3) is 0 Å². The van der Waals surface area contributed by atoms with Gasteiger partial charge >= 0.3 is 0 Å². The highest BCUT2D eigenvalue weighted by molar-refractivity contribution is 7.97. The highest BCUT2D eigenvalue weighted by Crippen LogP contribution is 2.14. The Morgan fingerprint density at radius 1 is 1.58 bits per heavy atom. The molecule has 0 aliphatic carbocycles. The Bertz CT molecular complexity index is 309. The van der Waals surface area contributed by atoms with Crippen LogP contribution in [0, 0.1) is 6.92 Å². The molecule has 0 heterocycles. The topological polar surface area (TPSA) is 43.1 Å². The second kappa shape index (κ2) is 3.74. The van der Waals surface area contributed by atoms with E-state index in [4.69, 9.17) is 5.73 Å². The van der Waals surface area contributed by atoms with E-state index in [0.29, 0.717) is 12.1 Å². The van der Waals surface area contributed by atoms with Gasteiger partial charge < -0.3 is 5.73 Å². The van der Waals surface area contributed by atoms with Crippen LogP contribution >= 0.6 is 12.6 Å². The van der Waals surface area contributed by atoms with E-state index in [1.807, 2.05) is 19.1 Å². The van der Waals surface area contributed by atoms with Crippen LogP contribution < -0.4 is 5.73 Å². The Kier molecular flexibility index (Phi) is 2.89. The highest BCUT2D eigenvalue weighted by Gasteiger charge is 2.06. The molecule has 64 valence electrons. The number of carbonyl (C=O) groups is 1. The molecule has 0 amide bonds. The summed E-state index contributed by atoms with van der Waals surface area (Å²) in [5.41, 5.74) is 8.05. The first-order valence-corrected chi connectivity index (χ1v) is 4.13. The van der Waals surface area contributed by atoms with Crippen LogP contribution in [-0.4, -0.2) is 5.12 Å². The maximum Gasteiger partial charge on any atom is 0.216 e. The monoisotopic (exact) mass is 181 g/mol. The van der Waals surface area contributed by atoms with Crippen molar-refractivity contribution in [2.24, 2.45) is 5.73 Å². The molecule has 12 heavy (non-hydrogen) atoms. The number of hydrogen-bond donors (Lipinski definition) is 2. The molecule has 1 rings (SSSR count). The van der Waals surface area contributed by atoms with Crippen molar-refractivity contribution in [1.82, 2.24) is 0 Å². The van der Waals surface area contributed by atoms with Crippen LogP contribution in [-0.2, 0) is 6.54 Å². The van der Waals surface area contributed by atoms with Crippen LogP contribution in [0.3, 0.4) is 0 Å². The first kappa shape index (κ1) is 9.29. The minimum Gasteiger partial charge on any atom is -0.326 e. The SMILES string of the molecule is Cc1c(CN)cccc1C(=O)S. The third-order valence-electron chi connectivity index (χ3n) is 1.90. The molecular formula is C9H11NOS. The van der Waals surface area contributed by atoms with E-state index in [9.17, 15) is 4.79 Å². The molecule has 0 spiro atoms. The second-order valence-corrected chi connectivity index (χ2v) is 3.01. The molecule has 2 N–H and O–H groups in total. The summed E-state index contributed by atoms with van der Waals surface area (Å²) in [6, 6.07) is 5.48. The lowest BCUT2D eigenvalue weighted by Gasteiger charge is -2.05. The molecule has 0 atom stereocenters. The molecule has 2 nitrogen and oxygen atoms in total. The Morgan fingerprint density at radius 2 is 2.25 bits per heavy atom. The van der Waals surface area contributed by atoms with E-state index in [2.05, 4.69) is 12.6 Å². The molecule has 0 saturated heterocycles. The molecule has 1 aromatic rings. The van der Waals surface area contributed by atoms with Gasteiger partial charge in [0.15, 0.2) is 0 Å². The standard InChI is InChI=1S/C9H11NOS/c1-6-7(5-10)3-2-4-8(6)9(11)12/h2-4H,5,10H2,1H3,(H,11,12). The first-order valence-electron chi connectivity index (χ1n) is 3.68. The first-order chi connectivity index (χ1) is 5.66. The lowest BCUT2D eigenvalue weighted by Crippen LogP contribution is -2.03. The maximum atomic E-state index is 11.0. The van der Waals surface area contributed by atoms with E-state index in [1.54, 1.807) is 6.07 Å². The average Bonchev–Trinajstić information content (AvgIpc) is 2.04. The van der Waals surface area contributed by atoms with Crippen LogP contribution in [0.15, 0.2) is 18.2 Å². The van der Waals surface area contributed by atoms with Gasteiger partial charge in [0.05, 0.1) is 0 Å². The van der Waals surface area contributed by atoms with Gasteiger partial charge in [-0.05, 0) is 18.1 Å². The molecule has 0 aliphatic heterocycles. The van der Waals surface area contributed by atoms with Crippen LogP contribution in [0.2, 0.25) is 0 Å². The van der Waals surface area contributed by atoms with Crippen molar-refractivity contribution in [3.63, 3.8) is 0 Å². The summed E-state index contributed by atoms with van der Waals surface area (Å²) in [7, 11) is 0. The molecule has 1 aromatic carbocycles. The van der Waals surface area contributed by atoms with Gasteiger partial charge in [0.2, 0.25) is 5.12 Å². The number of rotatable bonds is 2. The summed E-state index contributed by atoms with van der Waals surface area (Å²) >= 11 is 3.76. The molecule has 3 heteroatoms. The zero-order valence-electron chi connectivity index (χ0n) is 6.87. The quantitative estimate of drug-likeness (QED) is 0.679. The minimum atomic E-state index is -0.206.